The van der Waals surface area contributed by atoms with Gasteiger partial charge in [0.2, 0.25) is 5.89 Å². The van der Waals surface area contributed by atoms with E-state index < -0.39 is 17.2 Å². The molecule has 10 heteroatoms. The zero-order valence-electron chi connectivity index (χ0n) is 16.3. The maximum Gasteiger partial charge on any atom is 0.416 e. The van der Waals surface area contributed by atoms with Crippen LogP contribution in [0.3, 0.4) is 0 Å². The van der Waals surface area contributed by atoms with E-state index in [4.69, 9.17) is 15.9 Å². The fraction of sp³-hybridized carbons (Fsp3) is 0.333. The van der Waals surface area contributed by atoms with Crippen molar-refractivity contribution in [3.8, 4) is 23.9 Å². The van der Waals surface area contributed by atoms with E-state index >= 15 is 0 Å². The average molecular weight is 429 g/mol. The average Bonchev–Trinajstić information content (AvgIpc) is 3.28. The van der Waals surface area contributed by atoms with Gasteiger partial charge in [0, 0.05) is 13.1 Å². The van der Waals surface area contributed by atoms with Gasteiger partial charge in [-0.2, -0.15) is 13.2 Å². The van der Waals surface area contributed by atoms with Crippen LogP contribution in [0.25, 0.3) is 11.6 Å². The molecule has 1 aliphatic heterocycles. The molecule has 1 N–H and O–H groups in total. The third kappa shape index (κ3) is 4.09. The van der Waals surface area contributed by atoms with Crippen molar-refractivity contribution in [2.45, 2.75) is 31.0 Å². The number of aromatic nitrogens is 4. The number of hydrogen-bond acceptors (Lipinski definition) is 7. The molecular formula is C21H18F3N5O2. The normalized spacial score (nSPS) is 16.2. The van der Waals surface area contributed by atoms with E-state index in [1.165, 1.54) is 12.1 Å². The number of halogens is 3. The maximum absolute atomic E-state index is 12.9. The number of hydrogen-bond donors (Lipinski definition) is 1. The minimum absolute atomic E-state index is 0.0887. The van der Waals surface area contributed by atoms with Gasteiger partial charge < -0.3 is 14.4 Å². The van der Waals surface area contributed by atoms with Gasteiger partial charge in [-0.1, -0.05) is 18.1 Å². The summed E-state index contributed by atoms with van der Waals surface area (Å²) in [4.78, 5) is 2.02. The van der Waals surface area contributed by atoms with Crippen LogP contribution < -0.4 is 4.90 Å². The van der Waals surface area contributed by atoms with Crippen LogP contribution in [0, 0.1) is 12.3 Å². The highest BCUT2D eigenvalue weighted by Crippen LogP contribution is 2.38. The van der Waals surface area contributed by atoms with Gasteiger partial charge in [-0.3, -0.25) is 0 Å². The van der Waals surface area contributed by atoms with Crippen molar-refractivity contribution in [3.63, 3.8) is 0 Å². The van der Waals surface area contributed by atoms with Crippen molar-refractivity contribution < 1.29 is 22.7 Å². The number of alkyl halides is 3. The van der Waals surface area contributed by atoms with Crippen LogP contribution in [-0.2, 0) is 18.2 Å². The molecule has 0 unspecified atom stereocenters. The third-order valence-electron chi connectivity index (χ3n) is 5.45. The standard InChI is InChI=1S/C21H18F3N5O2/c1-2-20(14-3-5-15(6-4-14)21(22,23)24)9-11-29(12-10-20)17-8-7-16(25-26-17)19-28-27-18(13-30)31-19/h1,3-8,30H,9-13H2. The van der Waals surface area contributed by atoms with Gasteiger partial charge in [0.15, 0.2) is 5.82 Å². The zero-order chi connectivity index (χ0) is 22.1. The number of nitrogens with zero attached hydrogens (tertiary/aromatic N) is 5. The second-order valence-corrected chi connectivity index (χ2v) is 7.22. The van der Waals surface area contributed by atoms with Gasteiger partial charge in [0.25, 0.3) is 5.89 Å². The molecule has 1 aliphatic rings. The lowest BCUT2D eigenvalue weighted by atomic mass is 9.73. The summed E-state index contributed by atoms with van der Waals surface area (Å²) in [7, 11) is 0. The molecule has 0 amide bonds. The Hall–Kier alpha value is -3.45. The predicted molar refractivity (Wildman–Crippen MR) is 105 cm³/mol. The van der Waals surface area contributed by atoms with Crippen molar-refractivity contribution in [2.24, 2.45) is 0 Å². The Kier molecular flexibility index (Phi) is 5.37. The first-order valence-corrected chi connectivity index (χ1v) is 9.52. The highest BCUT2D eigenvalue weighted by Gasteiger charge is 2.36. The summed E-state index contributed by atoms with van der Waals surface area (Å²) in [5.74, 6) is 3.70. The van der Waals surface area contributed by atoms with Crippen LogP contribution in [-0.4, -0.2) is 38.6 Å². The van der Waals surface area contributed by atoms with Crippen molar-refractivity contribution >= 4 is 5.82 Å². The van der Waals surface area contributed by atoms with Gasteiger partial charge in [-0.15, -0.1) is 26.8 Å². The summed E-state index contributed by atoms with van der Waals surface area (Å²) in [6, 6.07) is 8.55. The number of piperidine rings is 1. The lowest BCUT2D eigenvalue weighted by molar-refractivity contribution is -0.137. The zero-order valence-corrected chi connectivity index (χ0v) is 16.3. The third-order valence-corrected chi connectivity index (χ3v) is 5.45. The Morgan fingerprint density at radius 1 is 1.03 bits per heavy atom. The largest absolute Gasteiger partial charge is 0.417 e. The lowest BCUT2D eigenvalue weighted by Crippen LogP contribution is -2.42. The minimum Gasteiger partial charge on any atom is -0.417 e. The SMILES string of the molecule is C#CC1(c2ccc(C(F)(F)F)cc2)CCN(c2ccc(-c3nnc(CO)o3)nn2)CC1. The fourth-order valence-electron chi connectivity index (χ4n) is 3.64. The highest BCUT2D eigenvalue weighted by atomic mass is 19.4. The number of terminal acetylenes is 1. The van der Waals surface area contributed by atoms with Crippen LogP contribution in [0.4, 0.5) is 19.0 Å². The van der Waals surface area contributed by atoms with Crippen LogP contribution in [0.15, 0.2) is 40.8 Å². The lowest BCUT2D eigenvalue weighted by Gasteiger charge is -2.39. The summed E-state index contributed by atoms with van der Waals surface area (Å²) >= 11 is 0. The molecule has 1 saturated heterocycles. The fourth-order valence-corrected chi connectivity index (χ4v) is 3.64. The summed E-state index contributed by atoms with van der Waals surface area (Å²) in [6.07, 6.45) is 2.58. The Morgan fingerprint density at radius 3 is 2.26 bits per heavy atom. The molecule has 4 rings (SSSR count). The molecule has 0 atom stereocenters. The van der Waals surface area contributed by atoms with Crippen molar-refractivity contribution in [3.05, 3.63) is 53.4 Å². The predicted octanol–water partition coefficient (Wildman–Crippen LogP) is 3.21. The number of benzene rings is 1. The Morgan fingerprint density at radius 2 is 1.74 bits per heavy atom. The molecule has 2 aromatic heterocycles. The van der Waals surface area contributed by atoms with E-state index in [0.29, 0.717) is 43.0 Å². The molecule has 0 spiro atoms. The van der Waals surface area contributed by atoms with Crippen molar-refractivity contribution in [1.82, 2.24) is 20.4 Å². The first kappa shape index (κ1) is 20.8. The van der Waals surface area contributed by atoms with Crippen molar-refractivity contribution in [2.75, 3.05) is 18.0 Å². The van der Waals surface area contributed by atoms with Gasteiger partial charge in [-0.05, 0) is 42.7 Å². The Balaban J connectivity index is 1.46. The molecule has 0 aliphatic carbocycles. The van der Waals surface area contributed by atoms with Gasteiger partial charge in [-0.25, -0.2) is 0 Å². The number of rotatable bonds is 4. The molecule has 1 fully saturated rings. The summed E-state index contributed by atoms with van der Waals surface area (Å²) in [5.41, 5.74) is -0.224. The topological polar surface area (TPSA) is 88.2 Å². The molecule has 0 saturated carbocycles. The molecule has 7 nitrogen and oxygen atoms in total. The first-order chi connectivity index (χ1) is 14.8. The second-order valence-electron chi connectivity index (χ2n) is 7.22. The molecule has 1 aromatic carbocycles. The molecule has 0 bridgehead atoms. The van der Waals surface area contributed by atoms with Gasteiger partial charge in [0.05, 0.1) is 11.0 Å². The van der Waals surface area contributed by atoms with E-state index in [2.05, 4.69) is 26.3 Å². The van der Waals surface area contributed by atoms with Crippen LogP contribution >= 0.6 is 0 Å². The molecule has 160 valence electrons. The summed E-state index contributed by atoms with van der Waals surface area (Å²) in [6.45, 7) is 0.797. The monoisotopic (exact) mass is 429 g/mol. The quantitative estimate of drug-likeness (QED) is 0.637. The van der Waals surface area contributed by atoms with E-state index in [9.17, 15) is 13.2 Å². The molecular weight excluding hydrogens is 411 g/mol. The van der Waals surface area contributed by atoms with E-state index in [-0.39, 0.29) is 18.4 Å². The minimum atomic E-state index is -4.38. The van der Waals surface area contributed by atoms with Gasteiger partial charge in [0.1, 0.15) is 12.3 Å². The molecule has 3 aromatic rings. The summed E-state index contributed by atoms with van der Waals surface area (Å²) in [5, 5.41) is 24.8. The molecule has 31 heavy (non-hydrogen) atoms. The Bertz CT molecular complexity index is 1080. The number of aliphatic hydroxyl groups is 1. The Labute approximate surface area is 175 Å². The van der Waals surface area contributed by atoms with Gasteiger partial charge >= 0.3 is 6.18 Å². The van der Waals surface area contributed by atoms with E-state index in [1.807, 2.05) is 4.90 Å². The first-order valence-electron chi connectivity index (χ1n) is 9.52. The molecule has 0 radical (unpaired) electrons. The maximum atomic E-state index is 12.9. The highest BCUT2D eigenvalue weighted by molar-refractivity contribution is 5.50. The second kappa shape index (κ2) is 8.00. The van der Waals surface area contributed by atoms with Crippen LogP contribution in [0.1, 0.15) is 29.9 Å². The van der Waals surface area contributed by atoms with E-state index in [1.54, 1.807) is 12.1 Å². The van der Waals surface area contributed by atoms with Crippen LogP contribution in [0.2, 0.25) is 0 Å². The smallest absolute Gasteiger partial charge is 0.416 e. The number of anilines is 1. The summed E-state index contributed by atoms with van der Waals surface area (Å²) < 4.78 is 43.8. The van der Waals surface area contributed by atoms with E-state index in [0.717, 1.165) is 12.1 Å². The van der Waals surface area contributed by atoms with Crippen LogP contribution in [0.5, 0.6) is 0 Å². The molecule has 3 heterocycles. The van der Waals surface area contributed by atoms with Crippen molar-refractivity contribution in [1.29, 1.82) is 0 Å². The number of aliphatic hydroxyl groups excluding tert-OH is 1.